The highest BCUT2D eigenvalue weighted by atomic mass is 79.9. The molecule has 0 aromatic heterocycles. The van der Waals surface area contributed by atoms with Crippen LogP contribution in [0.1, 0.15) is 38.8 Å². The number of carbonyl (C=O) groups excluding carboxylic acids is 1. The summed E-state index contributed by atoms with van der Waals surface area (Å²) >= 11 is 3.13. The first-order valence-corrected chi connectivity index (χ1v) is 7.16. The van der Waals surface area contributed by atoms with Gasteiger partial charge in [-0.2, -0.15) is 0 Å². The summed E-state index contributed by atoms with van der Waals surface area (Å²) < 4.78 is 18.7. The molecular weight excluding hydrogens is 313 g/mol. The molecule has 2 atom stereocenters. The van der Waals surface area contributed by atoms with Crippen molar-refractivity contribution in [1.82, 2.24) is 5.32 Å². The topological polar surface area (TPSA) is 38.3 Å². The molecule has 5 heteroatoms. The average Bonchev–Trinajstić information content (AvgIpc) is 2.39. The summed E-state index contributed by atoms with van der Waals surface area (Å²) in [6, 6.07) is 4.12. The average molecular weight is 332 g/mol. The van der Waals surface area contributed by atoms with Gasteiger partial charge < -0.3 is 4.74 Å². The van der Waals surface area contributed by atoms with E-state index in [1.54, 1.807) is 19.1 Å². The summed E-state index contributed by atoms with van der Waals surface area (Å²) in [7, 11) is 0. The van der Waals surface area contributed by atoms with Crippen molar-refractivity contribution in [3.8, 4) is 0 Å². The van der Waals surface area contributed by atoms with Crippen molar-refractivity contribution < 1.29 is 13.9 Å². The number of rotatable bonds is 6. The highest BCUT2D eigenvalue weighted by molar-refractivity contribution is 9.10. The summed E-state index contributed by atoms with van der Waals surface area (Å²) in [6.45, 7) is 6.10. The van der Waals surface area contributed by atoms with Gasteiger partial charge in [-0.15, -0.1) is 0 Å². The van der Waals surface area contributed by atoms with Gasteiger partial charge in [-0.3, -0.25) is 5.32 Å². The van der Waals surface area contributed by atoms with Crippen molar-refractivity contribution in [3.63, 3.8) is 0 Å². The molecule has 0 aliphatic carbocycles. The van der Waals surface area contributed by atoms with E-state index in [1.165, 1.54) is 6.07 Å². The molecule has 0 aliphatic heterocycles. The molecule has 0 fully saturated rings. The van der Waals surface area contributed by atoms with Gasteiger partial charge in [0, 0.05) is 6.04 Å². The summed E-state index contributed by atoms with van der Waals surface area (Å²) in [5, 5.41) is 3.20. The lowest BCUT2D eigenvalue weighted by Gasteiger charge is -2.21. The third-order valence-corrected chi connectivity index (χ3v) is 3.47. The third kappa shape index (κ3) is 4.58. The van der Waals surface area contributed by atoms with Crippen LogP contribution < -0.4 is 5.32 Å². The fraction of sp³-hybridized carbons (Fsp3) is 0.500. The van der Waals surface area contributed by atoms with E-state index in [4.69, 9.17) is 4.74 Å². The second-order valence-corrected chi connectivity index (χ2v) is 5.19. The molecule has 0 saturated carbocycles. The Kier molecular flexibility index (Phi) is 6.45. The van der Waals surface area contributed by atoms with E-state index in [-0.39, 0.29) is 17.8 Å². The number of carbonyl (C=O) groups is 1. The lowest BCUT2D eigenvalue weighted by Crippen LogP contribution is -2.36. The largest absolute Gasteiger partial charge is 0.465 e. The van der Waals surface area contributed by atoms with Crippen LogP contribution in [0.25, 0.3) is 0 Å². The van der Waals surface area contributed by atoms with Gasteiger partial charge in [-0.25, -0.2) is 9.18 Å². The minimum atomic E-state index is -0.577. The third-order valence-electron chi connectivity index (χ3n) is 2.86. The number of ether oxygens (including phenoxy) is 1. The van der Waals surface area contributed by atoms with Crippen molar-refractivity contribution in [2.45, 2.75) is 39.3 Å². The van der Waals surface area contributed by atoms with Crippen molar-refractivity contribution in [2.24, 2.45) is 0 Å². The van der Waals surface area contributed by atoms with Crippen LogP contribution >= 0.6 is 15.9 Å². The van der Waals surface area contributed by atoms with Gasteiger partial charge in [-0.05, 0) is 53.9 Å². The minimum Gasteiger partial charge on any atom is -0.465 e. The van der Waals surface area contributed by atoms with Gasteiger partial charge in [0.05, 0.1) is 11.1 Å². The molecule has 1 aromatic rings. The molecule has 0 aliphatic rings. The van der Waals surface area contributed by atoms with E-state index < -0.39 is 6.04 Å². The SMILES string of the molecule is CCOC(=O)C(NC(C)CC)c1ccc(F)c(Br)c1. The summed E-state index contributed by atoms with van der Waals surface area (Å²) in [4.78, 5) is 12.0. The molecule has 2 unspecified atom stereocenters. The van der Waals surface area contributed by atoms with E-state index in [2.05, 4.69) is 21.2 Å². The zero-order valence-corrected chi connectivity index (χ0v) is 13.0. The predicted octanol–water partition coefficient (Wildman–Crippen LogP) is 3.58. The van der Waals surface area contributed by atoms with Crippen LogP contribution in [0.3, 0.4) is 0 Å². The Morgan fingerprint density at radius 3 is 2.68 bits per heavy atom. The number of hydrogen-bond donors (Lipinski definition) is 1. The van der Waals surface area contributed by atoms with Crippen LogP contribution in [-0.4, -0.2) is 18.6 Å². The first-order chi connectivity index (χ1) is 8.99. The van der Waals surface area contributed by atoms with Crippen molar-refractivity contribution >= 4 is 21.9 Å². The first kappa shape index (κ1) is 16.1. The lowest BCUT2D eigenvalue weighted by molar-refractivity contribution is -0.146. The maximum absolute atomic E-state index is 13.3. The molecule has 0 amide bonds. The van der Waals surface area contributed by atoms with Crippen LogP contribution in [0, 0.1) is 5.82 Å². The number of esters is 1. The molecule has 1 N–H and O–H groups in total. The van der Waals surface area contributed by atoms with Crippen LogP contribution in [0.4, 0.5) is 4.39 Å². The van der Waals surface area contributed by atoms with E-state index in [9.17, 15) is 9.18 Å². The van der Waals surface area contributed by atoms with Crippen LogP contribution in [-0.2, 0) is 9.53 Å². The Morgan fingerprint density at radius 1 is 1.47 bits per heavy atom. The van der Waals surface area contributed by atoms with Crippen LogP contribution in [0.2, 0.25) is 0 Å². The Bertz CT molecular complexity index is 439. The highest BCUT2D eigenvalue weighted by Crippen LogP contribution is 2.23. The van der Waals surface area contributed by atoms with Gasteiger partial charge in [-0.1, -0.05) is 13.0 Å². The van der Waals surface area contributed by atoms with Gasteiger partial charge in [0.15, 0.2) is 0 Å². The molecule has 0 heterocycles. The number of hydrogen-bond acceptors (Lipinski definition) is 3. The second-order valence-electron chi connectivity index (χ2n) is 4.33. The van der Waals surface area contributed by atoms with E-state index in [1.807, 2.05) is 13.8 Å². The summed E-state index contributed by atoms with van der Waals surface area (Å²) in [6.07, 6.45) is 0.887. The van der Waals surface area contributed by atoms with Gasteiger partial charge >= 0.3 is 5.97 Å². The normalized spacial score (nSPS) is 13.9. The Labute approximate surface area is 121 Å². The van der Waals surface area contributed by atoms with Crippen LogP contribution in [0.5, 0.6) is 0 Å². The van der Waals surface area contributed by atoms with Gasteiger partial charge in [0.1, 0.15) is 11.9 Å². The molecule has 106 valence electrons. The molecular formula is C14H19BrFNO2. The molecule has 1 rings (SSSR count). The molecule has 0 radical (unpaired) electrons. The maximum Gasteiger partial charge on any atom is 0.327 e. The number of benzene rings is 1. The monoisotopic (exact) mass is 331 g/mol. The fourth-order valence-corrected chi connectivity index (χ4v) is 2.02. The molecule has 0 bridgehead atoms. The number of halogens is 2. The van der Waals surface area contributed by atoms with E-state index >= 15 is 0 Å². The Hall–Kier alpha value is -0.940. The maximum atomic E-state index is 13.3. The zero-order chi connectivity index (χ0) is 14.4. The second kappa shape index (κ2) is 7.60. The van der Waals surface area contributed by atoms with E-state index in [0.717, 1.165) is 6.42 Å². The molecule has 0 saturated heterocycles. The smallest absolute Gasteiger partial charge is 0.327 e. The molecule has 0 spiro atoms. The first-order valence-electron chi connectivity index (χ1n) is 6.37. The zero-order valence-electron chi connectivity index (χ0n) is 11.4. The quantitative estimate of drug-likeness (QED) is 0.809. The highest BCUT2D eigenvalue weighted by Gasteiger charge is 2.23. The van der Waals surface area contributed by atoms with Gasteiger partial charge in [0.25, 0.3) is 0 Å². The van der Waals surface area contributed by atoms with Crippen molar-refractivity contribution in [3.05, 3.63) is 34.1 Å². The minimum absolute atomic E-state index is 0.165. The van der Waals surface area contributed by atoms with Crippen molar-refractivity contribution in [1.29, 1.82) is 0 Å². The van der Waals surface area contributed by atoms with Crippen LogP contribution in [0.15, 0.2) is 22.7 Å². The predicted molar refractivity (Wildman–Crippen MR) is 76.4 cm³/mol. The Morgan fingerprint density at radius 2 is 2.16 bits per heavy atom. The lowest BCUT2D eigenvalue weighted by atomic mass is 10.1. The molecule has 19 heavy (non-hydrogen) atoms. The summed E-state index contributed by atoms with van der Waals surface area (Å²) in [5.41, 5.74) is 0.687. The Balaban J connectivity index is 3.00. The fourth-order valence-electron chi connectivity index (χ4n) is 1.62. The van der Waals surface area contributed by atoms with Gasteiger partial charge in [0.2, 0.25) is 0 Å². The van der Waals surface area contributed by atoms with E-state index in [0.29, 0.717) is 16.6 Å². The summed E-state index contributed by atoms with van der Waals surface area (Å²) in [5.74, 6) is -0.698. The number of nitrogens with one attached hydrogen (secondary N) is 1. The standard InChI is InChI=1S/C14H19BrFNO2/c1-4-9(3)17-13(14(18)19-5-2)10-6-7-12(16)11(15)8-10/h6-9,13,17H,4-5H2,1-3H3. The molecule has 3 nitrogen and oxygen atoms in total. The van der Waals surface area contributed by atoms with Crippen molar-refractivity contribution in [2.75, 3.05) is 6.61 Å². The molecule has 1 aromatic carbocycles.